The molecule has 1 fully saturated rings. The molecule has 1 amide bonds. The van der Waals surface area contributed by atoms with Gasteiger partial charge in [-0.3, -0.25) is 9.59 Å². The highest BCUT2D eigenvalue weighted by atomic mass is 79.9. The van der Waals surface area contributed by atoms with E-state index < -0.39 is 5.97 Å². The van der Waals surface area contributed by atoms with Crippen molar-refractivity contribution in [3.8, 4) is 5.75 Å². The number of nitrogens with zero attached hydrogens (tertiary/aromatic N) is 1. The van der Waals surface area contributed by atoms with Gasteiger partial charge in [0, 0.05) is 23.6 Å². The summed E-state index contributed by atoms with van der Waals surface area (Å²) in [5.74, 6) is 1.14. The van der Waals surface area contributed by atoms with Crippen LogP contribution in [0.2, 0.25) is 0 Å². The zero-order chi connectivity index (χ0) is 15.4. The lowest BCUT2D eigenvalue weighted by Gasteiger charge is -2.34. The molecule has 0 radical (unpaired) electrons. The molecule has 1 atom stereocenters. The molecule has 7 heteroatoms. The third-order valence-electron chi connectivity index (χ3n) is 3.30. The summed E-state index contributed by atoms with van der Waals surface area (Å²) in [4.78, 5) is 25.2. The normalized spacial score (nSPS) is 18.4. The molecule has 1 heterocycles. The molecule has 0 saturated carbocycles. The lowest BCUT2D eigenvalue weighted by Crippen LogP contribution is -2.47. The smallest absolute Gasteiger partial charge is 0.305 e. The SMILES string of the molecule is COc1ccc(C(=O)N2CCSCC2CC(=O)O)cc1Br. The van der Waals surface area contributed by atoms with Crippen molar-refractivity contribution < 1.29 is 19.4 Å². The van der Waals surface area contributed by atoms with E-state index in [1.165, 1.54) is 0 Å². The van der Waals surface area contributed by atoms with Crippen molar-refractivity contribution in [3.63, 3.8) is 0 Å². The molecule has 1 aromatic carbocycles. The first-order chi connectivity index (χ1) is 10.0. The van der Waals surface area contributed by atoms with Gasteiger partial charge < -0.3 is 14.7 Å². The van der Waals surface area contributed by atoms with Crippen molar-refractivity contribution in [2.75, 3.05) is 25.2 Å². The first kappa shape index (κ1) is 16.2. The monoisotopic (exact) mass is 373 g/mol. The van der Waals surface area contributed by atoms with Gasteiger partial charge in [-0.05, 0) is 34.1 Å². The molecule has 0 spiro atoms. The van der Waals surface area contributed by atoms with Crippen LogP contribution in [-0.4, -0.2) is 53.1 Å². The number of carbonyl (C=O) groups is 2. The zero-order valence-corrected chi connectivity index (χ0v) is 13.9. The fraction of sp³-hybridized carbons (Fsp3) is 0.429. The third kappa shape index (κ3) is 3.91. The number of halogens is 1. The lowest BCUT2D eigenvalue weighted by atomic mass is 10.1. The molecular formula is C14H16BrNO4S. The Morgan fingerprint density at radius 3 is 2.90 bits per heavy atom. The largest absolute Gasteiger partial charge is 0.496 e. The summed E-state index contributed by atoms with van der Waals surface area (Å²) >= 11 is 5.05. The van der Waals surface area contributed by atoms with Gasteiger partial charge in [0.15, 0.2) is 0 Å². The number of benzene rings is 1. The molecular weight excluding hydrogens is 358 g/mol. The molecule has 1 unspecified atom stereocenters. The maximum Gasteiger partial charge on any atom is 0.305 e. The molecule has 0 bridgehead atoms. The highest BCUT2D eigenvalue weighted by molar-refractivity contribution is 9.10. The number of hydrogen-bond acceptors (Lipinski definition) is 4. The Morgan fingerprint density at radius 2 is 2.29 bits per heavy atom. The minimum Gasteiger partial charge on any atom is -0.496 e. The van der Waals surface area contributed by atoms with Crippen LogP contribution in [0.1, 0.15) is 16.8 Å². The molecule has 1 N–H and O–H groups in total. The van der Waals surface area contributed by atoms with E-state index in [0.717, 1.165) is 5.75 Å². The van der Waals surface area contributed by atoms with Gasteiger partial charge in [-0.15, -0.1) is 0 Å². The van der Waals surface area contributed by atoms with Gasteiger partial charge in [0.1, 0.15) is 5.75 Å². The Bertz CT molecular complexity index is 552. The fourth-order valence-corrected chi connectivity index (χ4v) is 3.86. The predicted molar refractivity (Wildman–Crippen MR) is 85.1 cm³/mol. The number of rotatable bonds is 4. The predicted octanol–water partition coefficient (Wildman–Crippen LogP) is 2.49. The standard InChI is InChI=1S/C14H16BrNO4S/c1-20-12-3-2-9(6-11(12)15)14(19)16-4-5-21-8-10(16)7-13(17)18/h2-3,6,10H,4-5,7-8H2,1H3,(H,17,18). The molecule has 1 saturated heterocycles. The van der Waals surface area contributed by atoms with Crippen LogP contribution in [0.4, 0.5) is 0 Å². The quantitative estimate of drug-likeness (QED) is 0.877. The topological polar surface area (TPSA) is 66.8 Å². The van der Waals surface area contributed by atoms with Crippen molar-refractivity contribution >= 4 is 39.6 Å². The molecule has 1 aliphatic heterocycles. The second-order valence-electron chi connectivity index (χ2n) is 4.67. The maximum atomic E-state index is 12.6. The number of aliphatic carboxylic acids is 1. The van der Waals surface area contributed by atoms with Gasteiger partial charge in [-0.25, -0.2) is 0 Å². The van der Waals surface area contributed by atoms with E-state index in [1.54, 1.807) is 42.0 Å². The Morgan fingerprint density at radius 1 is 1.52 bits per heavy atom. The van der Waals surface area contributed by atoms with Gasteiger partial charge in [0.05, 0.1) is 24.0 Å². The third-order valence-corrected chi connectivity index (χ3v) is 5.01. The molecule has 1 aromatic rings. The van der Waals surface area contributed by atoms with Gasteiger partial charge in [0.25, 0.3) is 5.91 Å². The molecule has 5 nitrogen and oxygen atoms in total. The van der Waals surface area contributed by atoms with Crippen molar-refractivity contribution in [1.29, 1.82) is 0 Å². The van der Waals surface area contributed by atoms with Gasteiger partial charge >= 0.3 is 5.97 Å². The number of methoxy groups -OCH3 is 1. The van der Waals surface area contributed by atoms with Crippen LogP contribution >= 0.6 is 27.7 Å². The highest BCUT2D eigenvalue weighted by Gasteiger charge is 2.29. The van der Waals surface area contributed by atoms with Crippen LogP contribution in [0.3, 0.4) is 0 Å². The number of carboxylic acid groups (broad SMARTS) is 1. The van der Waals surface area contributed by atoms with Crippen molar-refractivity contribution in [2.45, 2.75) is 12.5 Å². The molecule has 2 rings (SSSR count). The van der Waals surface area contributed by atoms with Crippen LogP contribution in [0.15, 0.2) is 22.7 Å². The van der Waals surface area contributed by atoms with E-state index in [4.69, 9.17) is 9.84 Å². The summed E-state index contributed by atoms with van der Waals surface area (Å²) < 4.78 is 5.85. The molecule has 0 aromatic heterocycles. The minimum absolute atomic E-state index is 0.0178. The highest BCUT2D eigenvalue weighted by Crippen LogP contribution is 2.27. The summed E-state index contributed by atoms with van der Waals surface area (Å²) in [6.07, 6.45) is -0.0178. The zero-order valence-electron chi connectivity index (χ0n) is 11.5. The summed E-state index contributed by atoms with van der Waals surface area (Å²) in [5, 5.41) is 8.98. The molecule has 21 heavy (non-hydrogen) atoms. The first-order valence-corrected chi connectivity index (χ1v) is 8.41. The summed E-state index contributed by atoms with van der Waals surface area (Å²) in [6, 6.07) is 4.88. The van der Waals surface area contributed by atoms with Crippen LogP contribution in [0.5, 0.6) is 5.75 Å². The Labute approximate surface area is 135 Å². The van der Waals surface area contributed by atoms with E-state index in [-0.39, 0.29) is 18.4 Å². The number of ether oxygens (including phenoxy) is 1. The fourth-order valence-electron chi connectivity index (χ4n) is 2.26. The Balaban J connectivity index is 2.20. The molecule has 114 valence electrons. The molecule has 0 aliphatic carbocycles. The maximum absolute atomic E-state index is 12.6. The number of thioether (sulfide) groups is 1. The van der Waals surface area contributed by atoms with E-state index >= 15 is 0 Å². The van der Waals surface area contributed by atoms with Gasteiger partial charge in [0.2, 0.25) is 0 Å². The van der Waals surface area contributed by atoms with Gasteiger partial charge in [-0.2, -0.15) is 11.8 Å². The molecule has 1 aliphatic rings. The van der Waals surface area contributed by atoms with E-state index in [1.807, 2.05) is 0 Å². The van der Waals surface area contributed by atoms with E-state index in [9.17, 15) is 9.59 Å². The number of carbonyl (C=O) groups excluding carboxylic acids is 1. The van der Waals surface area contributed by atoms with Crippen molar-refractivity contribution in [1.82, 2.24) is 4.90 Å². The summed E-state index contributed by atoms with van der Waals surface area (Å²) in [6.45, 7) is 0.574. The van der Waals surface area contributed by atoms with E-state index in [0.29, 0.717) is 28.1 Å². The number of amides is 1. The minimum atomic E-state index is -0.879. The lowest BCUT2D eigenvalue weighted by molar-refractivity contribution is -0.138. The van der Waals surface area contributed by atoms with Crippen LogP contribution in [0.25, 0.3) is 0 Å². The summed E-state index contributed by atoms with van der Waals surface area (Å²) in [5.41, 5.74) is 0.532. The number of hydrogen-bond donors (Lipinski definition) is 1. The van der Waals surface area contributed by atoms with Crippen LogP contribution in [-0.2, 0) is 4.79 Å². The van der Waals surface area contributed by atoms with Crippen molar-refractivity contribution in [2.24, 2.45) is 0 Å². The van der Waals surface area contributed by atoms with Gasteiger partial charge in [-0.1, -0.05) is 0 Å². The Kier molecular flexibility index (Phi) is 5.52. The van der Waals surface area contributed by atoms with Crippen LogP contribution < -0.4 is 4.74 Å². The first-order valence-electron chi connectivity index (χ1n) is 6.47. The number of carboxylic acids is 1. The summed E-state index contributed by atoms with van der Waals surface area (Å²) in [7, 11) is 1.56. The van der Waals surface area contributed by atoms with E-state index in [2.05, 4.69) is 15.9 Å². The second-order valence-corrected chi connectivity index (χ2v) is 6.68. The van der Waals surface area contributed by atoms with Crippen molar-refractivity contribution in [3.05, 3.63) is 28.2 Å². The Hall–Kier alpha value is -1.21. The average molecular weight is 374 g/mol. The average Bonchev–Trinajstić information content (AvgIpc) is 2.46. The van der Waals surface area contributed by atoms with Crippen LogP contribution in [0, 0.1) is 0 Å². The second kappa shape index (κ2) is 7.17.